The quantitative estimate of drug-likeness (QED) is 0.837. The zero-order valence-corrected chi connectivity index (χ0v) is 9.35. The van der Waals surface area contributed by atoms with E-state index in [1.807, 2.05) is 0 Å². The van der Waals surface area contributed by atoms with Crippen molar-refractivity contribution in [1.82, 2.24) is 10.1 Å². The third-order valence-electron chi connectivity index (χ3n) is 3.12. The summed E-state index contributed by atoms with van der Waals surface area (Å²) >= 11 is 0. The largest absolute Gasteiger partial charge is 0.476 e. The van der Waals surface area contributed by atoms with Crippen molar-refractivity contribution >= 4 is 5.97 Å². The Labute approximate surface area is 94.0 Å². The molecule has 2 heterocycles. The molecule has 16 heavy (non-hydrogen) atoms. The SMILES string of the molecule is CCN1CCCC1Cc1cc(C(=O)O)no1. The molecule has 1 saturated heterocycles. The summed E-state index contributed by atoms with van der Waals surface area (Å²) in [6, 6.07) is 1.99. The normalized spacial score (nSPS) is 21.4. The van der Waals surface area contributed by atoms with Crippen molar-refractivity contribution in [2.75, 3.05) is 13.1 Å². The first-order chi connectivity index (χ1) is 7.70. The summed E-state index contributed by atoms with van der Waals surface area (Å²) in [5.74, 6) is -0.364. The van der Waals surface area contributed by atoms with Crippen molar-refractivity contribution in [2.45, 2.75) is 32.2 Å². The van der Waals surface area contributed by atoms with Gasteiger partial charge in [0, 0.05) is 18.5 Å². The Morgan fingerprint density at radius 1 is 1.75 bits per heavy atom. The Bertz CT molecular complexity index is 375. The van der Waals surface area contributed by atoms with Crippen LogP contribution in [0.5, 0.6) is 0 Å². The molecule has 1 aromatic heterocycles. The number of likely N-dealkylation sites (tertiary alicyclic amines) is 1. The molecule has 1 aliphatic heterocycles. The van der Waals surface area contributed by atoms with Crippen LogP contribution in [0.25, 0.3) is 0 Å². The van der Waals surface area contributed by atoms with Gasteiger partial charge in [0.2, 0.25) is 0 Å². The molecule has 1 atom stereocenters. The topological polar surface area (TPSA) is 66.6 Å². The molecule has 1 N–H and O–H groups in total. The van der Waals surface area contributed by atoms with Gasteiger partial charge in [0.25, 0.3) is 0 Å². The van der Waals surface area contributed by atoms with Gasteiger partial charge in [0.1, 0.15) is 5.76 Å². The summed E-state index contributed by atoms with van der Waals surface area (Å²) in [4.78, 5) is 13.0. The molecule has 5 nitrogen and oxygen atoms in total. The van der Waals surface area contributed by atoms with E-state index < -0.39 is 5.97 Å². The van der Waals surface area contributed by atoms with E-state index >= 15 is 0 Å². The highest BCUT2D eigenvalue weighted by Gasteiger charge is 2.25. The summed E-state index contributed by atoms with van der Waals surface area (Å²) in [5, 5.41) is 12.2. The first kappa shape index (κ1) is 11.1. The fourth-order valence-electron chi connectivity index (χ4n) is 2.28. The summed E-state index contributed by atoms with van der Waals surface area (Å²) in [5.41, 5.74) is -0.00366. The van der Waals surface area contributed by atoms with E-state index in [9.17, 15) is 4.79 Å². The molecule has 1 aliphatic rings. The van der Waals surface area contributed by atoms with Crippen molar-refractivity contribution in [3.63, 3.8) is 0 Å². The van der Waals surface area contributed by atoms with Crippen molar-refractivity contribution in [2.24, 2.45) is 0 Å². The second kappa shape index (κ2) is 4.65. The molecule has 0 aromatic carbocycles. The van der Waals surface area contributed by atoms with Crippen LogP contribution in [-0.4, -0.2) is 40.3 Å². The summed E-state index contributed by atoms with van der Waals surface area (Å²) < 4.78 is 5.02. The number of aromatic carboxylic acids is 1. The van der Waals surface area contributed by atoms with Gasteiger partial charge < -0.3 is 14.5 Å². The number of likely N-dealkylation sites (N-methyl/N-ethyl adjacent to an activating group) is 1. The van der Waals surface area contributed by atoms with E-state index in [4.69, 9.17) is 9.63 Å². The van der Waals surface area contributed by atoms with Crippen molar-refractivity contribution in [3.05, 3.63) is 17.5 Å². The number of carboxylic acids is 1. The molecule has 0 bridgehead atoms. The maximum absolute atomic E-state index is 10.6. The van der Waals surface area contributed by atoms with Gasteiger partial charge in [-0.2, -0.15) is 0 Å². The molecule has 1 fully saturated rings. The highest BCUT2D eigenvalue weighted by molar-refractivity contribution is 5.85. The number of hydrogen-bond acceptors (Lipinski definition) is 4. The van der Waals surface area contributed by atoms with Crippen LogP contribution in [0.2, 0.25) is 0 Å². The van der Waals surface area contributed by atoms with Gasteiger partial charge in [-0.15, -0.1) is 0 Å². The van der Waals surface area contributed by atoms with E-state index in [2.05, 4.69) is 17.0 Å². The van der Waals surface area contributed by atoms with E-state index in [1.54, 1.807) is 0 Å². The molecule has 88 valence electrons. The first-order valence-electron chi connectivity index (χ1n) is 5.63. The molecule has 2 rings (SSSR count). The van der Waals surface area contributed by atoms with Crippen molar-refractivity contribution < 1.29 is 14.4 Å². The lowest BCUT2D eigenvalue weighted by molar-refractivity contribution is 0.0685. The van der Waals surface area contributed by atoms with Crippen LogP contribution in [0.15, 0.2) is 10.6 Å². The van der Waals surface area contributed by atoms with Gasteiger partial charge in [-0.25, -0.2) is 4.79 Å². The summed E-state index contributed by atoms with van der Waals surface area (Å²) in [6.07, 6.45) is 3.11. The van der Waals surface area contributed by atoms with Crippen molar-refractivity contribution in [3.8, 4) is 0 Å². The second-order valence-corrected chi connectivity index (χ2v) is 4.11. The zero-order chi connectivity index (χ0) is 11.5. The lowest BCUT2D eigenvalue weighted by atomic mass is 10.1. The predicted octanol–water partition coefficient (Wildman–Crippen LogP) is 1.40. The highest BCUT2D eigenvalue weighted by atomic mass is 16.5. The average molecular weight is 224 g/mol. The van der Waals surface area contributed by atoms with Crippen LogP contribution in [0, 0.1) is 0 Å². The van der Waals surface area contributed by atoms with Crippen LogP contribution in [0.3, 0.4) is 0 Å². The first-order valence-corrected chi connectivity index (χ1v) is 5.63. The van der Waals surface area contributed by atoms with E-state index in [0.29, 0.717) is 11.8 Å². The average Bonchev–Trinajstić information content (AvgIpc) is 2.87. The van der Waals surface area contributed by atoms with E-state index in [-0.39, 0.29) is 5.69 Å². The third-order valence-corrected chi connectivity index (χ3v) is 3.12. The van der Waals surface area contributed by atoms with Gasteiger partial charge in [-0.05, 0) is 25.9 Å². The third kappa shape index (κ3) is 2.24. The molecule has 0 spiro atoms. The molecular weight excluding hydrogens is 208 g/mol. The number of aromatic nitrogens is 1. The molecule has 0 aliphatic carbocycles. The van der Waals surface area contributed by atoms with Crippen LogP contribution < -0.4 is 0 Å². The minimum absolute atomic E-state index is 0.00366. The lowest BCUT2D eigenvalue weighted by Crippen LogP contribution is -2.30. The monoisotopic (exact) mass is 224 g/mol. The predicted molar refractivity (Wildman–Crippen MR) is 57.4 cm³/mol. The molecule has 0 saturated carbocycles. The Balaban J connectivity index is 2.00. The van der Waals surface area contributed by atoms with Gasteiger partial charge in [-0.3, -0.25) is 0 Å². The fourth-order valence-corrected chi connectivity index (χ4v) is 2.28. The number of nitrogens with zero attached hydrogens (tertiary/aromatic N) is 2. The maximum atomic E-state index is 10.6. The minimum atomic E-state index is -1.03. The zero-order valence-electron chi connectivity index (χ0n) is 9.35. The van der Waals surface area contributed by atoms with E-state index in [1.165, 1.54) is 12.5 Å². The van der Waals surface area contributed by atoms with Crippen LogP contribution in [0.4, 0.5) is 0 Å². The summed E-state index contributed by atoms with van der Waals surface area (Å²) in [7, 11) is 0. The van der Waals surface area contributed by atoms with Crippen LogP contribution in [0.1, 0.15) is 36.0 Å². The minimum Gasteiger partial charge on any atom is -0.476 e. The Morgan fingerprint density at radius 2 is 2.56 bits per heavy atom. The number of carboxylic acid groups (broad SMARTS) is 1. The Hall–Kier alpha value is -1.36. The molecule has 5 heteroatoms. The van der Waals surface area contributed by atoms with Gasteiger partial charge in [-0.1, -0.05) is 12.1 Å². The Kier molecular flexibility index (Phi) is 3.24. The smallest absolute Gasteiger partial charge is 0.358 e. The lowest BCUT2D eigenvalue weighted by Gasteiger charge is -2.21. The molecule has 1 unspecified atom stereocenters. The second-order valence-electron chi connectivity index (χ2n) is 4.11. The van der Waals surface area contributed by atoms with Gasteiger partial charge >= 0.3 is 5.97 Å². The van der Waals surface area contributed by atoms with Crippen molar-refractivity contribution in [1.29, 1.82) is 0 Å². The van der Waals surface area contributed by atoms with Gasteiger partial charge in [0.15, 0.2) is 5.69 Å². The molecule has 1 aromatic rings. The van der Waals surface area contributed by atoms with Crippen LogP contribution >= 0.6 is 0 Å². The standard InChI is InChI=1S/C11H16N2O3/c1-2-13-5-3-4-8(13)6-9-7-10(11(14)15)12-16-9/h7-8H,2-6H2,1H3,(H,14,15). The van der Waals surface area contributed by atoms with Gasteiger partial charge in [0.05, 0.1) is 0 Å². The van der Waals surface area contributed by atoms with Crippen LogP contribution in [-0.2, 0) is 6.42 Å². The number of carbonyl (C=O) groups is 1. The fraction of sp³-hybridized carbons (Fsp3) is 0.636. The molecular formula is C11H16N2O3. The molecule has 0 amide bonds. The maximum Gasteiger partial charge on any atom is 0.358 e. The number of hydrogen-bond donors (Lipinski definition) is 1. The summed E-state index contributed by atoms with van der Waals surface area (Å²) in [6.45, 7) is 4.30. The molecule has 0 radical (unpaired) electrons. The van der Waals surface area contributed by atoms with E-state index in [0.717, 1.165) is 25.9 Å². The number of rotatable bonds is 4. The highest BCUT2D eigenvalue weighted by Crippen LogP contribution is 2.20. The Morgan fingerprint density at radius 3 is 3.19 bits per heavy atom.